The fraction of sp³-hybridized carbons (Fsp3) is 0.150. The van der Waals surface area contributed by atoms with Gasteiger partial charge >= 0.3 is 6.01 Å². The Balaban J connectivity index is 1.33. The molecule has 0 aliphatic rings. The van der Waals surface area contributed by atoms with Crippen LogP contribution in [0.2, 0.25) is 0 Å². The molecule has 0 fully saturated rings. The predicted octanol–water partition coefficient (Wildman–Crippen LogP) is 3.68. The van der Waals surface area contributed by atoms with Crippen molar-refractivity contribution in [2.24, 2.45) is 0 Å². The molecule has 0 radical (unpaired) electrons. The van der Waals surface area contributed by atoms with Crippen molar-refractivity contribution in [1.29, 1.82) is 0 Å². The molecule has 0 aliphatic heterocycles. The predicted molar refractivity (Wildman–Crippen MR) is 106 cm³/mol. The van der Waals surface area contributed by atoms with E-state index in [1.807, 2.05) is 24.3 Å². The molecule has 2 heterocycles. The summed E-state index contributed by atoms with van der Waals surface area (Å²) < 4.78 is 35.5. The van der Waals surface area contributed by atoms with Crippen molar-refractivity contribution < 1.29 is 22.0 Å². The molecule has 0 bridgehead atoms. The van der Waals surface area contributed by atoms with E-state index in [0.717, 1.165) is 5.39 Å². The minimum absolute atomic E-state index is 0.00835. The van der Waals surface area contributed by atoms with E-state index in [9.17, 15) is 13.2 Å². The number of carbonyl (C=O) groups is 1. The van der Waals surface area contributed by atoms with E-state index in [1.165, 1.54) is 12.1 Å². The zero-order chi connectivity index (χ0) is 20.3. The fourth-order valence-corrected chi connectivity index (χ4v) is 4.14. The van der Waals surface area contributed by atoms with Crippen LogP contribution in [0, 0.1) is 0 Å². The molecule has 0 saturated carbocycles. The highest BCUT2D eigenvalue weighted by Crippen LogP contribution is 2.27. The minimum atomic E-state index is -3.42. The Morgan fingerprint density at radius 2 is 1.72 bits per heavy atom. The second-order valence-electron chi connectivity index (χ2n) is 6.34. The molecule has 1 amide bonds. The molecular weight excluding hydrogens is 394 g/mol. The van der Waals surface area contributed by atoms with Crippen LogP contribution in [-0.4, -0.2) is 30.3 Å². The molecule has 0 spiro atoms. The van der Waals surface area contributed by atoms with E-state index in [0.29, 0.717) is 11.3 Å². The lowest BCUT2D eigenvalue weighted by atomic mass is 10.2. The Morgan fingerprint density at radius 3 is 2.52 bits per heavy atom. The lowest BCUT2D eigenvalue weighted by molar-refractivity contribution is -0.116. The van der Waals surface area contributed by atoms with Crippen molar-refractivity contribution in [3.63, 3.8) is 0 Å². The largest absolute Gasteiger partial charge is 0.451 e. The summed E-state index contributed by atoms with van der Waals surface area (Å²) in [5.74, 6) is 0.00257. The summed E-state index contributed by atoms with van der Waals surface area (Å²) in [6, 6.07) is 17.3. The molecule has 0 aliphatic carbocycles. The summed E-state index contributed by atoms with van der Waals surface area (Å²) in [5.41, 5.74) is 0.686. The lowest BCUT2D eigenvalue weighted by Gasteiger charge is -2.04. The van der Waals surface area contributed by atoms with E-state index in [-0.39, 0.29) is 35.4 Å². The molecule has 8 nitrogen and oxygen atoms in total. The molecular formula is C20H17N3O5S. The smallest absolute Gasteiger partial charge is 0.322 e. The first-order valence-electron chi connectivity index (χ1n) is 8.91. The number of nitrogens with one attached hydrogen (secondary N) is 1. The van der Waals surface area contributed by atoms with Crippen molar-refractivity contribution >= 4 is 32.7 Å². The van der Waals surface area contributed by atoms with Crippen LogP contribution in [-0.2, 0) is 14.6 Å². The fourth-order valence-electron chi connectivity index (χ4n) is 2.81. The van der Waals surface area contributed by atoms with E-state index in [2.05, 4.69) is 15.5 Å². The van der Waals surface area contributed by atoms with Gasteiger partial charge in [0.1, 0.15) is 5.58 Å². The first-order chi connectivity index (χ1) is 14.0. The van der Waals surface area contributed by atoms with Crippen molar-refractivity contribution in [3.05, 3.63) is 60.7 Å². The second kappa shape index (κ2) is 7.88. The third-order valence-electron chi connectivity index (χ3n) is 4.23. The summed E-state index contributed by atoms with van der Waals surface area (Å²) in [7, 11) is -3.42. The van der Waals surface area contributed by atoms with Gasteiger partial charge in [0.25, 0.3) is 5.89 Å². The SMILES string of the molecule is O=C(CCCS(=O)(=O)c1ccccc1)Nc1nnc(-c2cc3ccccc3o2)o1. The van der Waals surface area contributed by atoms with Crippen LogP contribution in [0.1, 0.15) is 12.8 Å². The maximum absolute atomic E-state index is 12.2. The zero-order valence-electron chi connectivity index (χ0n) is 15.2. The van der Waals surface area contributed by atoms with E-state index < -0.39 is 15.7 Å². The number of aromatic nitrogens is 2. The number of carbonyl (C=O) groups excluding carboxylic acids is 1. The van der Waals surface area contributed by atoms with Gasteiger partial charge in [-0.3, -0.25) is 10.1 Å². The number of nitrogens with zero attached hydrogens (tertiary/aromatic N) is 2. The molecule has 0 saturated heterocycles. The molecule has 29 heavy (non-hydrogen) atoms. The average molecular weight is 411 g/mol. The minimum Gasteiger partial charge on any atom is -0.451 e. The topological polar surface area (TPSA) is 115 Å². The number of hydrogen-bond donors (Lipinski definition) is 1. The lowest BCUT2D eigenvalue weighted by Crippen LogP contribution is -2.14. The number of fused-ring (bicyclic) bond motifs is 1. The van der Waals surface area contributed by atoms with Gasteiger partial charge < -0.3 is 8.83 Å². The summed E-state index contributed by atoms with van der Waals surface area (Å²) in [6.45, 7) is 0. The highest BCUT2D eigenvalue weighted by atomic mass is 32.2. The van der Waals surface area contributed by atoms with Gasteiger partial charge in [-0.25, -0.2) is 8.42 Å². The third kappa shape index (κ3) is 4.35. The molecule has 4 aromatic rings. The number of furan rings is 1. The number of anilines is 1. The Kier molecular flexibility index (Phi) is 5.13. The van der Waals surface area contributed by atoms with Gasteiger partial charge in [0.05, 0.1) is 10.6 Å². The van der Waals surface area contributed by atoms with Gasteiger partial charge in [0.15, 0.2) is 15.6 Å². The summed E-state index contributed by atoms with van der Waals surface area (Å²) in [6.07, 6.45) is 0.183. The second-order valence-corrected chi connectivity index (χ2v) is 8.45. The summed E-state index contributed by atoms with van der Waals surface area (Å²) >= 11 is 0. The van der Waals surface area contributed by atoms with Gasteiger partial charge in [0.2, 0.25) is 5.91 Å². The zero-order valence-corrected chi connectivity index (χ0v) is 16.1. The van der Waals surface area contributed by atoms with Crippen LogP contribution in [0.15, 0.2) is 74.4 Å². The van der Waals surface area contributed by atoms with Crippen molar-refractivity contribution in [3.8, 4) is 11.7 Å². The van der Waals surface area contributed by atoms with Crippen LogP contribution in [0.25, 0.3) is 22.6 Å². The van der Waals surface area contributed by atoms with Crippen molar-refractivity contribution in [2.75, 3.05) is 11.1 Å². The Labute approximate surface area is 166 Å². The van der Waals surface area contributed by atoms with Gasteiger partial charge in [-0.05, 0) is 30.7 Å². The molecule has 9 heteroatoms. The van der Waals surface area contributed by atoms with Crippen molar-refractivity contribution in [1.82, 2.24) is 10.2 Å². The molecule has 0 unspecified atom stereocenters. The number of para-hydroxylation sites is 1. The maximum Gasteiger partial charge on any atom is 0.322 e. The standard InChI is InChI=1S/C20H17N3O5S/c24-18(11-6-12-29(25,26)15-8-2-1-3-9-15)21-20-23-22-19(28-20)17-13-14-7-4-5-10-16(14)27-17/h1-5,7-10,13H,6,11-12H2,(H,21,23,24). The van der Waals surface area contributed by atoms with Crippen LogP contribution in [0.4, 0.5) is 6.01 Å². The summed E-state index contributed by atoms with van der Waals surface area (Å²) in [5, 5.41) is 11.0. The molecule has 148 valence electrons. The number of sulfone groups is 1. The number of benzene rings is 2. The molecule has 1 N–H and O–H groups in total. The van der Waals surface area contributed by atoms with E-state index in [1.54, 1.807) is 24.3 Å². The molecule has 0 atom stereocenters. The first kappa shape index (κ1) is 18.9. The Morgan fingerprint density at radius 1 is 0.966 bits per heavy atom. The highest BCUT2D eigenvalue weighted by molar-refractivity contribution is 7.91. The number of amides is 1. The monoisotopic (exact) mass is 411 g/mol. The molecule has 2 aromatic carbocycles. The highest BCUT2D eigenvalue weighted by Gasteiger charge is 2.17. The quantitative estimate of drug-likeness (QED) is 0.493. The van der Waals surface area contributed by atoms with Crippen LogP contribution >= 0.6 is 0 Å². The van der Waals surface area contributed by atoms with Gasteiger partial charge in [0, 0.05) is 11.8 Å². The average Bonchev–Trinajstić information content (AvgIpc) is 3.35. The van der Waals surface area contributed by atoms with E-state index >= 15 is 0 Å². The normalized spacial score (nSPS) is 11.6. The number of rotatable bonds is 7. The van der Waals surface area contributed by atoms with Crippen LogP contribution in [0.5, 0.6) is 0 Å². The van der Waals surface area contributed by atoms with Crippen LogP contribution in [0.3, 0.4) is 0 Å². The number of hydrogen-bond acceptors (Lipinski definition) is 7. The van der Waals surface area contributed by atoms with Gasteiger partial charge in [-0.1, -0.05) is 41.5 Å². The first-order valence-corrected chi connectivity index (χ1v) is 10.6. The third-order valence-corrected chi connectivity index (χ3v) is 6.04. The molecule has 2 aromatic heterocycles. The van der Waals surface area contributed by atoms with Gasteiger partial charge in [-0.2, -0.15) is 0 Å². The molecule has 4 rings (SSSR count). The van der Waals surface area contributed by atoms with Gasteiger partial charge in [-0.15, -0.1) is 5.10 Å². The van der Waals surface area contributed by atoms with Crippen LogP contribution < -0.4 is 5.32 Å². The Hall–Kier alpha value is -3.46. The van der Waals surface area contributed by atoms with E-state index in [4.69, 9.17) is 8.83 Å². The Bertz CT molecular complexity index is 1210. The van der Waals surface area contributed by atoms with Crippen molar-refractivity contribution in [2.45, 2.75) is 17.7 Å². The maximum atomic E-state index is 12.2. The summed E-state index contributed by atoms with van der Waals surface area (Å²) in [4.78, 5) is 12.3.